The predicted octanol–water partition coefficient (Wildman–Crippen LogP) is 1.07. The van der Waals surface area contributed by atoms with Gasteiger partial charge in [0.2, 0.25) is 35.4 Å². The number of hydrogen-bond acceptors (Lipinski definition) is 10. The second-order valence-electron chi connectivity index (χ2n) is 16.5. The van der Waals surface area contributed by atoms with Crippen LogP contribution in [0.3, 0.4) is 0 Å². The molecule has 20 heteroatoms. The number of aryl methyl sites for hydroxylation is 1. The third-order valence-corrected chi connectivity index (χ3v) is 10.8. The van der Waals surface area contributed by atoms with Crippen molar-refractivity contribution in [3.05, 3.63) is 54.1 Å². The first kappa shape index (κ1) is 52.5. The van der Waals surface area contributed by atoms with Crippen LogP contribution in [0.5, 0.6) is 0 Å². The molecule has 1 aromatic heterocycles. The number of amides is 6. The molecular formula is C41H67N8O11P. The number of nitrogens with zero attached hydrogens (tertiary/aromatic N) is 2. The number of carbonyl (C=O) groups excluding carboxylic acids is 6. The minimum absolute atomic E-state index is 0.0292. The fourth-order valence-electron chi connectivity index (χ4n) is 6.39. The van der Waals surface area contributed by atoms with Crippen molar-refractivity contribution in [2.24, 2.45) is 17.6 Å². The highest BCUT2D eigenvalue weighted by Gasteiger charge is 2.34. The number of aromatic amines is 1. The molecule has 0 saturated carbocycles. The van der Waals surface area contributed by atoms with Crippen molar-refractivity contribution in [1.29, 1.82) is 0 Å². The van der Waals surface area contributed by atoms with E-state index in [9.17, 15) is 48.2 Å². The summed E-state index contributed by atoms with van der Waals surface area (Å²) in [5, 5.41) is 19.8. The number of aromatic nitrogens is 2. The van der Waals surface area contributed by atoms with Gasteiger partial charge in [-0.25, -0.2) is 4.98 Å². The number of aliphatic hydroxyl groups excluding tert-OH is 1. The van der Waals surface area contributed by atoms with Gasteiger partial charge in [-0.1, -0.05) is 63.9 Å². The van der Waals surface area contributed by atoms with Crippen LogP contribution in [0.1, 0.15) is 91.3 Å². The van der Waals surface area contributed by atoms with Crippen LogP contribution >= 0.6 is 7.60 Å². The molecule has 0 radical (unpaired) electrons. The van der Waals surface area contributed by atoms with Crippen LogP contribution in [0.2, 0.25) is 0 Å². The van der Waals surface area contributed by atoms with Gasteiger partial charge in [0.15, 0.2) is 0 Å². The fourth-order valence-corrected chi connectivity index (χ4v) is 7.35. The summed E-state index contributed by atoms with van der Waals surface area (Å²) in [6, 6.07) is 4.97. The lowest BCUT2D eigenvalue weighted by Gasteiger charge is -2.28. The molecule has 0 unspecified atom stereocenters. The van der Waals surface area contributed by atoms with Crippen LogP contribution < -0.4 is 27.0 Å². The molecule has 0 saturated heterocycles. The molecule has 342 valence electrons. The van der Waals surface area contributed by atoms with E-state index in [4.69, 9.17) is 10.5 Å². The van der Waals surface area contributed by atoms with Gasteiger partial charge in [0, 0.05) is 24.9 Å². The molecule has 0 aliphatic carbocycles. The summed E-state index contributed by atoms with van der Waals surface area (Å²) in [5.41, 5.74) is 6.26. The molecule has 5 atom stereocenters. The Bertz CT molecular complexity index is 1740. The van der Waals surface area contributed by atoms with Crippen molar-refractivity contribution in [2.75, 3.05) is 32.5 Å². The number of rotatable bonds is 29. The molecule has 6 amide bonds. The van der Waals surface area contributed by atoms with Crippen molar-refractivity contribution in [2.45, 2.75) is 123 Å². The summed E-state index contributed by atoms with van der Waals surface area (Å²) >= 11 is 0. The number of hydrogen-bond donors (Lipinski definition) is 9. The average molecular weight is 879 g/mol. The Kier molecular flexibility index (Phi) is 22.3. The maximum absolute atomic E-state index is 13.9. The van der Waals surface area contributed by atoms with Crippen LogP contribution in [0.4, 0.5) is 0 Å². The molecule has 0 bridgehead atoms. The third kappa shape index (κ3) is 21.1. The van der Waals surface area contributed by atoms with E-state index in [-0.39, 0.29) is 50.8 Å². The summed E-state index contributed by atoms with van der Waals surface area (Å²) in [5.74, 6) is -5.45. The molecule has 2 aromatic rings. The molecule has 10 N–H and O–H groups in total. The Hall–Kier alpha value is -4.68. The number of aliphatic hydroxyl groups is 1. The van der Waals surface area contributed by atoms with Gasteiger partial charge in [-0.15, -0.1) is 0 Å². The Labute approximate surface area is 358 Å². The van der Waals surface area contributed by atoms with Crippen molar-refractivity contribution >= 4 is 43.0 Å². The molecule has 61 heavy (non-hydrogen) atoms. The van der Waals surface area contributed by atoms with Gasteiger partial charge in [0.05, 0.1) is 44.3 Å². The number of nitrogens with one attached hydrogen (secondary N) is 5. The number of carbonyl (C=O) groups is 6. The number of imidazole rings is 1. The first-order chi connectivity index (χ1) is 28.6. The van der Waals surface area contributed by atoms with Crippen molar-refractivity contribution < 1.29 is 53.0 Å². The van der Waals surface area contributed by atoms with E-state index in [2.05, 4.69) is 43.4 Å². The van der Waals surface area contributed by atoms with Crippen molar-refractivity contribution in [3.63, 3.8) is 0 Å². The Morgan fingerprint density at radius 2 is 1.56 bits per heavy atom. The SMILES string of the molecule is CC(C)C[C@H](NC(=O)CN(CCCCCCc1ccccc1)C(=O)CCOC(C)(C)CO)C(=O)N[C@@H](Cc1cnc[nH]1)C(=O)N[C@@H](C)C(=O)N[C@H](C(N)=O)[C@@H](C)CP(=O)(O)O. The van der Waals surface area contributed by atoms with E-state index in [1.54, 1.807) is 13.8 Å². The number of H-pyrrole nitrogens is 1. The van der Waals surface area contributed by atoms with Gasteiger partial charge in [-0.3, -0.25) is 33.3 Å². The standard InChI is InChI=1S/C41H67N8O11P/c1-27(2)20-32(46-34(51)23-49(35(52)17-19-60-41(5,6)25-50)18-13-8-7-10-14-30-15-11-9-12-16-30)40(56)47-33(21-31-22-43-26-44-31)39(55)45-29(4)38(54)48-36(37(42)53)28(3)24-61(57,58)59/h9,11-12,15-16,22,26-29,32-33,36,50H,7-8,10,13-14,17-21,23-25H2,1-6H3,(H2,42,53)(H,43,44)(H,45,55)(H,46,51)(H,47,56)(H,48,54)(H2,57,58,59)/t28-,29-,32-,33-,36-/m0/s1. The maximum atomic E-state index is 13.9. The van der Waals surface area contributed by atoms with Gasteiger partial charge in [0.1, 0.15) is 24.2 Å². The lowest BCUT2D eigenvalue weighted by atomic mass is 10.0. The molecule has 19 nitrogen and oxygen atoms in total. The van der Waals surface area contributed by atoms with E-state index in [0.717, 1.165) is 25.7 Å². The normalized spacial score (nSPS) is 14.3. The van der Waals surface area contributed by atoms with Crippen molar-refractivity contribution in [1.82, 2.24) is 36.1 Å². The van der Waals surface area contributed by atoms with Gasteiger partial charge in [-0.05, 0) is 63.9 Å². The van der Waals surface area contributed by atoms with Gasteiger partial charge in [0.25, 0.3) is 0 Å². The zero-order valence-electron chi connectivity index (χ0n) is 36.2. The van der Waals surface area contributed by atoms with E-state index in [1.807, 2.05) is 32.0 Å². The molecular weight excluding hydrogens is 811 g/mol. The number of nitrogens with two attached hydrogens (primary N) is 1. The topological polar surface area (TPSA) is 295 Å². The molecule has 0 fully saturated rings. The Morgan fingerprint density at radius 1 is 0.902 bits per heavy atom. The third-order valence-electron chi connectivity index (χ3n) is 9.78. The minimum Gasteiger partial charge on any atom is -0.393 e. The second-order valence-corrected chi connectivity index (χ2v) is 18.2. The largest absolute Gasteiger partial charge is 0.393 e. The number of unbranched alkanes of at least 4 members (excludes halogenated alkanes) is 3. The molecule has 1 heterocycles. The summed E-state index contributed by atoms with van der Waals surface area (Å²) in [7, 11) is -4.56. The smallest absolute Gasteiger partial charge is 0.325 e. The quantitative estimate of drug-likeness (QED) is 0.0410. The van der Waals surface area contributed by atoms with Crippen LogP contribution in [0, 0.1) is 11.8 Å². The second kappa shape index (κ2) is 25.9. The summed E-state index contributed by atoms with van der Waals surface area (Å²) in [6.07, 6.45) is 6.44. The van der Waals surface area contributed by atoms with E-state index >= 15 is 0 Å². The highest BCUT2D eigenvalue weighted by Crippen LogP contribution is 2.37. The van der Waals surface area contributed by atoms with Crippen LogP contribution in [-0.4, -0.2) is 127 Å². The molecule has 0 spiro atoms. The zero-order valence-corrected chi connectivity index (χ0v) is 37.1. The highest BCUT2D eigenvalue weighted by molar-refractivity contribution is 7.51. The van der Waals surface area contributed by atoms with Crippen LogP contribution in [0.25, 0.3) is 0 Å². The maximum Gasteiger partial charge on any atom is 0.325 e. The predicted molar refractivity (Wildman–Crippen MR) is 227 cm³/mol. The Morgan fingerprint density at radius 3 is 2.15 bits per heavy atom. The van der Waals surface area contributed by atoms with E-state index in [1.165, 1.54) is 36.8 Å². The zero-order chi connectivity index (χ0) is 45.8. The molecule has 2 rings (SSSR count). The minimum atomic E-state index is -4.56. The average Bonchev–Trinajstić information content (AvgIpc) is 3.69. The lowest BCUT2D eigenvalue weighted by molar-refractivity contribution is -0.139. The molecule has 1 aromatic carbocycles. The number of benzene rings is 1. The number of ether oxygens (including phenoxy) is 1. The number of primary amides is 1. The fraction of sp³-hybridized carbons (Fsp3) is 0.634. The highest BCUT2D eigenvalue weighted by atomic mass is 31.2. The monoisotopic (exact) mass is 878 g/mol. The Balaban J connectivity index is 2.17. The first-order valence-electron chi connectivity index (χ1n) is 20.7. The molecule has 0 aliphatic heterocycles. The van der Waals surface area contributed by atoms with Crippen molar-refractivity contribution in [3.8, 4) is 0 Å². The summed E-state index contributed by atoms with van der Waals surface area (Å²) in [6.45, 7) is 9.49. The van der Waals surface area contributed by atoms with Crippen LogP contribution in [-0.2, 0) is 50.9 Å². The summed E-state index contributed by atoms with van der Waals surface area (Å²) in [4.78, 5) is 107. The van der Waals surface area contributed by atoms with Gasteiger partial charge in [-0.2, -0.15) is 0 Å². The molecule has 0 aliphatic rings. The lowest BCUT2D eigenvalue weighted by Crippen LogP contribution is -2.59. The van der Waals surface area contributed by atoms with Gasteiger partial charge >= 0.3 is 7.60 Å². The van der Waals surface area contributed by atoms with Gasteiger partial charge < -0.3 is 56.5 Å². The van der Waals surface area contributed by atoms with Crippen LogP contribution in [0.15, 0.2) is 42.9 Å². The first-order valence-corrected chi connectivity index (χ1v) is 22.5. The summed E-state index contributed by atoms with van der Waals surface area (Å²) < 4.78 is 17.2. The van der Waals surface area contributed by atoms with E-state index in [0.29, 0.717) is 18.7 Å². The van der Waals surface area contributed by atoms with E-state index < -0.39 is 79.0 Å².